The monoisotopic (exact) mass is 429 g/mol. The van der Waals surface area contributed by atoms with Crippen LogP contribution in [0.2, 0.25) is 0 Å². The number of para-hydroxylation sites is 2. The summed E-state index contributed by atoms with van der Waals surface area (Å²) >= 11 is 0. The molecule has 2 nitrogen and oxygen atoms in total. The minimum atomic E-state index is -0.379. The molecular formula is C30H39NO. The highest BCUT2D eigenvalue weighted by Gasteiger charge is 2.13. The predicted molar refractivity (Wildman–Crippen MR) is 138 cm³/mol. The van der Waals surface area contributed by atoms with E-state index in [1.807, 2.05) is 12.1 Å². The smallest absolute Gasteiger partial charge is 0.0790 e. The van der Waals surface area contributed by atoms with Crippen molar-refractivity contribution >= 4 is 17.1 Å². The van der Waals surface area contributed by atoms with Crippen molar-refractivity contribution in [3.63, 3.8) is 0 Å². The minimum Gasteiger partial charge on any atom is -0.388 e. The summed E-state index contributed by atoms with van der Waals surface area (Å²) in [4.78, 5) is 2.25. The van der Waals surface area contributed by atoms with Gasteiger partial charge in [0.1, 0.15) is 0 Å². The Morgan fingerprint density at radius 1 is 0.562 bits per heavy atom. The number of anilines is 3. The minimum absolute atomic E-state index is 0.379. The number of aliphatic hydroxyl groups excluding tert-OH is 1. The van der Waals surface area contributed by atoms with E-state index in [0.29, 0.717) is 0 Å². The van der Waals surface area contributed by atoms with Crippen LogP contribution in [0.25, 0.3) is 0 Å². The molecule has 170 valence electrons. The maximum Gasteiger partial charge on any atom is 0.0790 e. The van der Waals surface area contributed by atoms with Crippen LogP contribution in [0.4, 0.5) is 17.1 Å². The molecule has 0 heterocycles. The van der Waals surface area contributed by atoms with Gasteiger partial charge in [-0.2, -0.15) is 0 Å². The summed E-state index contributed by atoms with van der Waals surface area (Å²) in [5.41, 5.74) is 4.36. The second kappa shape index (κ2) is 13.8. The number of hydrogen-bond donors (Lipinski definition) is 1. The summed E-state index contributed by atoms with van der Waals surface area (Å²) in [6.07, 6.45) is 12.2. The standard InChI is InChI=1S/C30H39NO/c1-2-3-4-5-6-7-8-9-16-21-30(32)26-22-24-29(25-23-26)31(27-17-12-10-13-18-27)28-19-14-11-15-20-28/h10-15,17-20,22-25,30,32H,2-9,16,21H2,1H3. The first-order valence-electron chi connectivity index (χ1n) is 12.5. The average molecular weight is 430 g/mol. The number of benzene rings is 3. The van der Waals surface area contributed by atoms with Crippen molar-refractivity contribution in [3.05, 3.63) is 90.5 Å². The van der Waals surface area contributed by atoms with E-state index in [-0.39, 0.29) is 6.10 Å². The van der Waals surface area contributed by atoms with E-state index in [9.17, 15) is 5.11 Å². The summed E-state index contributed by atoms with van der Waals surface area (Å²) in [6, 6.07) is 29.2. The van der Waals surface area contributed by atoms with Gasteiger partial charge in [0.05, 0.1) is 6.10 Å². The molecule has 3 aromatic rings. The third kappa shape index (κ3) is 7.53. The molecule has 2 heteroatoms. The molecule has 32 heavy (non-hydrogen) atoms. The van der Waals surface area contributed by atoms with Gasteiger partial charge in [0.2, 0.25) is 0 Å². The SMILES string of the molecule is CCCCCCCCCCCC(O)c1ccc(N(c2ccccc2)c2ccccc2)cc1. The van der Waals surface area contributed by atoms with E-state index in [2.05, 4.69) is 84.6 Å². The van der Waals surface area contributed by atoms with Crippen LogP contribution in [-0.2, 0) is 0 Å². The summed E-state index contributed by atoms with van der Waals surface area (Å²) in [6.45, 7) is 2.27. The van der Waals surface area contributed by atoms with Crippen LogP contribution in [-0.4, -0.2) is 5.11 Å². The fraction of sp³-hybridized carbons (Fsp3) is 0.400. The zero-order valence-electron chi connectivity index (χ0n) is 19.6. The van der Waals surface area contributed by atoms with Gasteiger partial charge in [-0.15, -0.1) is 0 Å². The molecule has 0 spiro atoms. The predicted octanol–water partition coefficient (Wildman–Crippen LogP) is 9.11. The Balaban J connectivity index is 1.53. The Kier molecular flexibility index (Phi) is 10.3. The molecule has 0 amide bonds. The van der Waals surface area contributed by atoms with Crippen molar-refractivity contribution < 1.29 is 5.11 Å². The van der Waals surface area contributed by atoms with Crippen LogP contribution in [0, 0.1) is 0 Å². The van der Waals surface area contributed by atoms with Crippen LogP contribution < -0.4 is 4.90 Å². The van der Waals surface area contributed by atoms with E-state index < -0.39 is 0 Å². The van der Waals surface area contributed by atoms with E-state index in [0.717, 1.165) is 35.5 Å². The van der Waals surface area contributed by atoms with Gasteiger partial charge in [-0.25, -0.2) is 0 Å². The number of unbranched alkanes of at least 4 members (excludes halogenated alkanes) is 8. The van der Waals surface area contributed by atoms with Gasteiger partial charge in [-0.05, 0) is 48.4 Å². The van der Waals surface area contributed by atoms with Crippen molar-refractivity contribution in [2.75, 3.05) is 4.90 Å². The second-order valence-corrected chi connectivity index (χ2v) is 8.73. The quantitative estimate of drug-likeness (QED) is 0.258. The van der Waals surface area contributed by atoms with Gasteiger partial charge in [-0.3, -0.25) is 0 Å². The Hall–Kier alpha value is -2.58. The maximum atomic E-state index is 10.7. The fourth-order valence-electron chi connectivity index (χ4n) is 4.26. The van der Waals surface area contributed by atoms with Crippen LogP contribution in [0.1, 0.15) is 82.8 Å². The molecular weight excluding hydrogens is 390 g/mol. The molecule has 0 aromatic heterocycles. The molecule has 0 aliphatic rings. The first-order valence-corrected chi connectivity index (χ1v) is 12.5. The van der Waals surface area contributed by atoms with Gasteiger partial charge in [0.25, 0.3) is 0 Å². The highest BCUT2D eigenvalue weighted by molar-refractivity contribution is 5.76. The van der Waals surface area contributed by atoms with Crippen LogP contribution >= 0.6 is 0 Å². The molecule has 0 aliphatic carbocycles. The van der Waals surface area contributed by atoms with Crippen LogP contribution in [0.5, 0.6) is 0 Å². The van der Waals surface area contributed by atoms with Crippen molar-refractivity contribution in [1.82, 2.24) is 0 Å². The highest BCUT2D eigenvalue weighted by atomic mass is 16.3. The summed E-state index contributed by atoms with van der Waals surface area (Å²) in [5, 5.41) is 10.7. The number of rotatable bonds is 14. The molecule has 1 N–H and O–H groups in total. The number of hydrogen-bond acceptors (Lipinski definition) is 2. The van der Waals surface area contributed by atoms with E-state index in [1.165, 1.54) is 51.4 Å². The maximum absolute atomic E-state index is 10.7. The molecule has 3 aromatic carbocycles. The molecule has 3 rings (SSSR count). The summed E-state index contributed by atoms with van der Waals surface area (Å²) in [7, 11) is 0. The van der Waals surface area contributed by atoms with Crippen molar-refractivity contribution in [2.45, 2.75) is 77.2 Å². The Bertz CT molecular complexity index is 821. The van der Waals surface area contributed by atoms with E-state index in [4.69, 9.17) is 0 Å². The fourth-order valence-corrected chi connectivity index (χ4v) is 4.26. The lowest BCUT2D eigenvalue weighted by molar-refractivity contribution is 0.163. The number of aliphatic hydroxyl groups is 1. The Morgan fingerprint density at radius 2 is 1.00 bits per heavy atom. The molecule has 0 bridgehead atoms. The lowest BCUT2D eigenvalue weighted by Gasteiger charge is -2.25. The zero-order valence-corrected chi connectivity index (χ0v) is 19.6. The molecule has 1 unspecified atom stereocenters. The molecule has 0 saturated carbocycles. The molecule has 0 saturated heterocycles. The first-order chi connectivity index (χ1) is 15.8. The second-order valence-electron chi connectivity index (χ2n) is 8.73. The summed E-state index contributed by atoms with van der Waals surface area (Å²) < 4.78 is 0. The molecule has 0 radical (unpaired) electrons. The highest BCUT2D eigenvalue weighted by Crippen LogP contribution is 2.34. The van der Waals surface area contributed by atoms with Crippen LogP contribution in [0.3, 0.4) is 0 Å². The summed E-state index contributed by atoms with van der Waals surface area (Å²) in [5.74, 6) is 0. The Morgan fingerprint density at radius 3 is 1.50 bits per heavy atom. The van der Waals surface area contributed by atoms with Gasteiger partial charge >= 0.3 is 0 Å². The van der Waals surface area contributed by atoms with E-state index >= 15 is 0 Å². The van der Waals surface area contributed by atoms with Gasteiger partial charge in [0.15, 0.2) is 0 Å². The van der Waals surface area contributed by atoms with Crippen LogP contribution in [0.15, 0.2) is 84.9 Å². The van der Waals surface area contributed by atoms with Gasteiger partial charge in [0, 0.05) is 17.1 Å². The first kappa shape index (κ1) is 24.1. The zero-order chi connectivity index (χ0) is 22.4. The topological polar surface area (TPSA) is 23.5 Å². The third-order valence-corrected chi connectivity index (χ3v) is 6.15. The van der Waals surface area contributed by atoms with Crippen molar-refractivity contribution in [1.29, 1.82) is 0 Å². The lowest BCUT2D eigenvalue weighted by atomic mass is 10.0. The number of nitrogens with zero attached hydrogens (tertiary/aromatic N) is 1. The molecule has 0 fully saturated rings. The molecule has 0 aliphatic heterocycles. The van der Waals surface area contributed by atoms with E-state index in [1.54, 1.807) is 0 Å². The largest absolute Gasteiger partial charge is 0.388 e. The average Bonchev–Trinajstić information content (AvgIpc) is 2.85. The van der Waals surface area contributed by atoms with Gasteiger partial charge < -0.3 is 10.0 Å². The lowest BCUT2D eigenvalue weighted by Crippen LogP contribution is -2.10. The third-order valence-electron chi connectivity index (χ3n) is 6.15. The van der Waals surface area contributed by atoms with Crippen molar-refractivity contribution in [3.8, 4) is 0 Å². The van der Waals surface area contributed by atoms with Crippen molar-refractivity contribution in [2.24, 2.45) is 0 Å². The molecule has 1 atom stereocenters. The van der Waals surface area contributed by atoms with Gasteiger partial charge in [-0.1, -0.05) is 113 Å². The normalized spacial score (nSPS) is 11.9. The Labute approximate surface area is 194 Å².